The summed E-state index contributed by atoms with van der Waals surface area (Å²) in [6.45, 7) is 0.756. The topological polar surface area (TPSA) is 81.7 Å². The number of nitrogen functional groups attached to an aromatic ring is 1. The Balaban J connectivity index is 1.77. The van der Waals surface area contributed by atoms with Crippen LogP contribution in [0, 0.1) is 0 Å². The van der Waals surface area contributed by atoms with E-state index in [0.29, 0.717) is 5.69 Å². The van der Waals surface area contributed by atoms with Crippen molar-refractivity contribution in [3.8, 4) is 0 Å². The molecular formula is C14H16N6. The molecule has 2 heterocycles. The van der Waals surface area contributed by atoms with Crippen LogP contribution in [0.25, 0.3) is 10.9 Å². The summed E-state index contributed by atoms with van der Waals surface area (Å²) in [5.74, 6) is 1.84. The lowest BCUT2D eigenvalue weighted by Crippen LogP contribution is -2.10. The summed E-state index contributed by atoms with van der Waals surface area (Å²) in [6, 6.07) is 5.63. The minimum Gasteiger partial charge on any atom is -0.399 e. The number of hydrogen-bond acceptors (Lipinski definition) is 5. The Hall–Kier alpha value is -2.63. The van der Waals surface area contributed by atoms with E-state index in [0.717, 1.165) is 35.5 Å². The lowest BCUT2D eigenvalue weighted by atomic mass is 10.2. The molecule has 0 spiro atoms. The van der Waals surface area contributed by atoms with E-state index in [2.05, 4.69) is 20.3 Å². The third kappa shape index (κ3) is 2.40. The van der Waals surface area contributed by atoms with Crippen molar-refractivity contribution in [2.45, 2.75) is 6.42 Å². The predicted octanol–water partition coefficient (Wildman–Crippen LogP) is 1.60. The number of nitrogens with one attached hydrogen (secondary N) is 1. The fourth-order valence-electron chi connectivity index (χ4n) is 2.15. The van der Waals surface area contributed by atoms with Gasteiger partial charge in [-0.25, -0.2) is 15.0 Å². The number of aromatic nitrogens is 4. The SMILES string of the molecule is Cn1ccnc1CCNc1ncnc2ccc(N)cc12. The normalized spacial score (nSPS) is 10.8. The summed E-state index contributed by atoms with van der Waals surface area (Å²) < 4.78 is 2.01. The van der Waals surface area contributed by atoms with Crippen LogP contribution in [0.4, 0.5) is 11.5 Å². The van der Waals surface area contributed by atoms with Gasteiger partial charge in [0.15, 0.2) is 0 Å². The van der Waals surface area contributed by atoms with Crippen LogP contribution in [0.1, 0.15) is 5.82 Å². The fraction of sp³-hybridized carbons (Fsp3) is 0.214. The highest BCUT2D eigenvalue weighted by Crippen LogP contribution is 2.21. The van der Waals surface area contributed by atoms with Crippen molar-refractivity contribution in [3.63, 3.8) is 0 Å². The summed E-state index contributed by atoms with van der Waals surface area (Å²) in [6.07, 6.45) is 6.13. The van der Waals surface area contributed by atoms with Gasteiger partial charge in [0.1, 0.15) is 18.0 Å². The van der Waals surface area contributed by atoms with Gasteiger partial charge in [0.05, 0.1) is 5.52 Å². The number of nitrogens with two attached hydrogens (primary N) is 1. The first-order chi connectivity index (χ1) is 9.74. The Bertz CT molecular complexity index is 733. The van der Waals surface area contributed by atoms with Gasteiger partial charge in [-0.2, -0.15) is 0 Å². The predicted molar refractivity (Wildman–Crippen MR) is 79.4 cm³/mol. The maximum atomic E-state index is 5.82. The van der Waals surface area contributed by atoms with Crippen molar-refractivity contribution in [2.75, 3.05) is 17.6 Å². The first-order valence-corrected chi connectivity index (χ1v) is 6.44. The van der Waals surface area contributed by atoms with Crippen molar-refractivity contribution in [3.05, 3.63) is 42.7 Å². The van der Waals surface area contributed by atoms with Gasteiger partial charge in [0.25, 0.3) is 0 Å². The Labute approximate surface area is 116 Å². The van der Waals surface area contributed by atoms with E-state index in [1.165, 1.54) is 0 Å². The second-order valence-electron chi connectivity index (χ2n) is 4.63. The third-order valence-electron chi connectivity index (χ3n) is 3.22. The van der Waals surface area contributed by atoms with E-state index in [9.17, 15) is 0 Å². The number of anilines is 2. The molecule has 0 aliphatic carbocycles. The second kappa shape index (κ2) is 5.16. The van der Waals surface area contributed by atoms with Crippen LogP contribution in [0.15, 0.2) is 36.9 Å². The van der Waals surface area contributed by atoms with E-state index in [1.807, 2.05) is 36.0 Å². The molecule has 3 aromatic rings. The van der Waals surface area contributed by atoms with Gasteiger partial charge in [-0.3, -0.25) is 0 Å². The van der Waals surface area contributed by atoms with Crippen LogP contribution in [-0.4, -0.2) is 26.1 Å². The molecular weight excluding hydrogens is 252 g/mol. The molecule has 20 heavy (non-hydrogen) atoms. The molecule has 102 valence electrons. The molecule has 1 aromatic carbocycles. The molecule has 0 aliphatic rings. The minimum atomic E-state index is 0.708. The second-order valence-corrected chi connectivity index (χ2v) is 4.63. The Morgan fingerprint density at radius 2 is 2.15 bits per heavy atom. The van der Waals surface area contributed by atoms with Crippen LogP contribution < -0.4 is 11.1 Å². The van der Waals surface area contributed by atoms with Crippen LogP contribution >= 0.6 is 0 Å². The fourth-order valence-corrected chi connectivity index (χ4v) is 2.15. The zero-order chi connectivity index (χ0) is 13.9. The summed E-state index contributed by atoms with van der Waals surface area (Å²) in [7, 11) is 1.99. The minimum absolute atomic E-state index is 0.708. The molecule has 0 fully saturated rings. The van der Waals surface area contributed by atoms with E-state index in [-0.39, 0.29) is 0 Å². The molecule has 0 unspecified atom stereocenters. The first kappa shape index (κ1) is 12.4. The van der Waals surface area contributed by atoms with Crippen LogP contribution in [-0.2, 0) is 13.5 Å². The average molecular weight is 268 g/mol. The van der Waals surface area contributed by atoms with Crippen molar-refractivity contribution in [1.29, 1.82) is 0 Å². The molecule has 2 aromatic heterocycles. The third-order valence-corrected chi connectivity index (χ3v) is 3.22. The quantitative estimate of drug-likeness (QED) is 0.702. The molecule has 3 rings (SSSR count). The Kier molecular flexibility index (Phi) is 3.20. The highest BCUT2D eigenvalue weighted by Gasteiger charge is 2.04. The van der Waals surface area contributed by atoms with Gasteiger partial charge >= 0.3 is 0 Å². The maximum Gasteiger partial charge on any atom is 0.137 e. The van der Waals surface area contributed by atoms with Crippen LogP contribution in [0.2, 0.25) is 0 Å². The number of nitrogens with zero attached hydrogens (tertiary/aromatic N) is 4. The van der Waals surface area contributed by atoms with E-state index < -0.39 is 0 Å². The van der Waals surface area contributed by atoms with Gasteiger partial charge in [-0.15, -0.1) is 0 Å². The molecule has 0 saturated carbocycles. The number of benzene rings is 1. The van der Waals surface area contributed by atoms with E-state index >= 15 is 0 Å². The summed E-state index contributed by atoms with van der Waals surface area (Å²) >= 11 is 0. The molecule has 0 atom stereocenters. The zero-order valence-corrected chi connectivity index (χ0v) is 11.2. The molecule has 6 heteroatoms. The highest BCUT2D eigenvalue weighted by atomic mass is 15.1. The average Bonchev–Trinajstić information content (AvgIpc) is 2.85. The molecule has 0 amide bonds. The monoisotopic (exact) mass is 268 g/mol. The van der Waals surface area contributed by atoms with Crippen LogP contribution in [0.3, 0.4) is 0 Å². The van der Waals surface area contributed by atoms with Crippen molar-refractivity contribution >= 4 is 22.4 Å². The Morgan fingerprint density at radius 1 is 1.25 bits per heavy atom. The summed E-state index contributed by atoms with van der Waals surface area (Å²) in [4.78, 5) is 12.8. The smallest absolute Gasteiger partial charge is 0.137 e. The molecule has 6 nitrogen and oxygen atoms in total. The van der Waals surface area contributed by atoms with E-state index in [1.54, 1.807) is 12.5 Å². The molecule has 0 saturated heterocycles. The summed E-state index contributed by atoms with van der Waals surface area (Å²) in [5.41, 5.74) is 7.41. The van der Waals surface area contributed by atoms with Crippen molar-refractivity contribution in [2.24, 2.45) is 7.05 Å². The van der Waals surface area contributed by atoms with Gasteiger partial charge in [0.2, 0.25) is 0 Å². The zero-order valence-electron chi connectivity index (χ0n) is 11.2. The number of rotatable bonds is 4. The van der Waals surface area contributed by atoms with Crippen molar-refractivity contribution < 1.29 is 0 Å². The number of imidazole rings is 1. The highest BCUT2D eigenvalue weighted by molar-refractivity contribution is 5.91. The molecule has 0 bridgehead atoms. The molecule has 3 N–H and O–H groups in total. The van der Waals surface area contributed by atoms with Crippen LogP contribution in [0.5, 0.6) is 0 Å². The number of aryl methyl sites for hydroxylation is 1. The molecule has 0 radical (unpaired) electrons. The lowest BCUT2D eigenvalue weighted by Gasteiger charge is -2.08. The number of fused-ring (bicyclic) bond motifs is 1. The summed E-state index contributed by atoms with van der Waals surface area (Å²) in [5, 5.41) is 4.26. The van der Waals surface area contributed by atoms with Gasteiger partial charge in [-0.1, -0.05) is 0 Å². The molecule has 0 aliphatic heterocycles. The van der Waals surface area contributed by atoms with E-state index in [4.69, 9.17) is 5.73 Å². The lowest BCUT2D eigenvalue weighted by molar-refractivity contribution is 0.789. The maximum absolute atomic E-state index is 5.82. The van der Waals surface area contributed by atoms with Gasteiger partial charge in [0, 0.05) is 43.5 Å². The van der Waals surface area contributed by atoms with Gasteiger partial charge < -0.3 is 15.6 Å². The largest absolute Gasteiger partial charge is 0.399 e. The standard InChI is InChI=1S/C14H16N6/c1-20-7-6-16-13(20)4-5-17-14-11-8-10(15)2-3-12(11)18-9-19-14/h2-3,6-9H,4-5,15H2,1H3,(H,17,18,19). The Morgan fingerprint density at radius 3 is 2.95 bits per heavy atom. The number of hydrogen-bond donors (Lipinski definition) is 2. The van der Waals surface area contributed by atoms with Crippen molar-refractivity contribution in [1.82, 2.24) is 19.5 Å². The van der Waals surface area contributed by atoms with Gasteiger partial charge in [-0.05, 0) is 18.2 Å². The first-order valence-electron chi connectivity index (χ1n) is 6.44.